The molecule has 0 aliphatic rings. The van der Waals surface area contributed by atoms with Gasteiger partial charge in [0.15, 0.2) is 11.0 Å². The number of aromatic nitrogens is 3. The van der Waals surface area contributed by atoms with E-state index in [4.69, 9.17) is 4.74 Å². The minimum atomic E-state index is -0.438. The van der Waals surface area contributed by atoms with Crippen molar-refractivity contribution in [2.75, 3.05) is 17.7 Å². The molecule has 7 nitrogen and oxygen atoms in total. The molecule has 0 spiro atoms. The maximum Gasteiger partial charge on any atom is 0.341 e. The standard InChI is InChI=1S/C21H24N4O3S3/c1-6-8-25-18(16-10-29-14(5)13(16)4)23-24-21(25)30-11-17(26)22-19-15(9-12(3)31-19)20(27)28-7-2/h6,9-10H,1,7-8,11H2,2-5H3,(H,22,26). The van der Waals surface area contributed by atoms with Gasteiger partial charge in [0.1, 0.15) is 5.00 Å². The van der Waals surface area contributed by atoms with Crippen molar-refractivity contribution in [3.8, 4) is 11.4 Å². The van der Waals surface area contributed by atoms with E-state index in [1.807, 2.05) is 11.5 Å². The van der Waals surface area contributed by atoms with Gasteiger partial charge >= 0.3 is 5.97 Å². The summed E-state index contributed by atoms with van der Waals surface area (Å²) in [5.74, 6) is 0.236. The predicted molar refractivity (Wildman–Crippen MR) is 127 cm³/mol. The van der Waals surface area contributed by atoms with Gasteiger partial charge in [-0.2, -0.15) is 0 Å². The molecule has 0 fully saturated rings. The van der Waals surface area contributed by atoms with E-state index in [1.54, 1.807) is 30.4 Å². The van der Waals surface area contributed by atoms with Gasteiger partial charge < -0.3 is 10.1 Å². The number of hydrogen-bond acceptors (Lipinski definition) is 8. The SMILES string of the molecule is C=CCn1c(SCC(=O)Nc2sc(C)cc2C(=O)OCC)nnc1-c1csc(C)c1C. The summed E-state index contributed by atoms with van der Waals surface area (Å²) in [5.41, 5.74) is 2.60. The van der Waals surface area contributed by atoms with E-state index in [0.717, 1.165) is 16.3 Å². The van der Waals surface area contributed by atoms with Crippen molar-refractivity contribution in [3.05, 3.63) is 45.0 Å². The van der Waals surface area contributed by atoms with E-state index in [9.17, 15) is 9.59 Å². The Kier molecular flexibility index (Phi) is 7.69. The first-order chi connectivity index (χ1) is 14.8. The highest BCUT2D eigenvalue weighted by Gasteiger charge is 2.20. The minimum absolute atomic E-state index is 0.135. The molecular formula is C21H24N4O3S3. The summed E-state index contributed by atoms with van der Waals surface area (Å²) in [7, 11) is 0. The molecule has 1 amide bonds. The lowest BCUT2D eigenvalue weighted by Gasteiger charge is -2.08. The van der Waals surface area contributed by atoms with E-state index < -0.39 is 5.97 Å². The first-order valence-corrected chi connectivity index (χ1v) is 12.3. The number of ether oxygens (including phenoxy) is 1. The Morgan fingerprint density at radius 3 is 2.74 bits per heavy atom. The summed E-state index contributed by atoms with van der Waals surface area (Å²) in [6, 6.07) is 1.73. The van der Waals surface area contributed by atoms with Crippen molar-refractivity contribution in [1.29, 1.82) is 0 Å². The van der Waals surface area contributed by atoms with Crippen LogP contribution in [0.2, 0.25) is 0 Å². The van der Waals surface area contributed by atoms with Crippen LogP contribution in [0.3, 0.4) is 0 Å². The molecule has 1 N–H and O–H groups in total. The summed E-state index contributed by atoms with van der Waals surface area (Å²) < 4.78 is 7.03. The Bertz CT molecular complexity index is 1110. The Hall–Kier alpha value is -2.43. The number of thioether (sulfide) groups is 1. The van der Waals surface area contributed by atoms with Crippen LogP contribution in [-0.4, -0.2) is 39.0 Å². The number of carbonyl (C=O) groups excluding carboxylic acids is 2. The van der Waals surface area contributed by atoms with Gasteiger partial charge in [-0.25, -0.2) is 4.79 Å². The lowest BCUT2D eigenvalue weighted by molar-refractivity contribution is -0.113. The monoisotopic (exact) mass is 476 g/mol. The summed E-state index contributed by atoms with van der Waals surface area (Å²) in [4.78, 5) is 26.9. The van der Waals surface area contributed by atoms with Crippen LogP contribution in [0.5, 0.6) is 0 Å². The van der Waals surface area contributed by atoms with Crippen molar-refractivity contribution in [3.63, 3.8) is 0 Å². The first kappa shape index (κ1) is 23.2. The van der Waals surface area contributed by atoms with Crippen molar-refractivity contribution in [2.24, 2.45) is 0 Å². The van der Waals surface area contributed by atoms with E-state index >= 15 is 0 Å². The molecule has 164 valence electrons. The zero-order valence-corrected chi connectivity index (χ0v) is 20.3. The summed E-state index contributed by atoms with van der Waals surface area (Å²) in [6.07, 6.45) is 1.78. The number of nitrogens with one attached hydrogen (secondary N) is 1. The van der Waals surface area contributed by atoms with Crippen molar-refractivity contribution in [1.82, 2.24) is 14.8 Å². The minimum Gasteiger partial charge on any atom is -0.462 e. The molecule has 0 bridgehead atoms. The normalized spacial score (nSPS) is 10.8. The number of nitrogens with zero attached hydrogens (tertiary/aromatic N) is 3. The Morgan fingerprint density at radius 1 is 1.32 bits per heavy atom. The lowest BCUT2D eigenvalue weighted by Crippen LogP contribution is -2.16. The smallest absolute Gasteiger partial charge is 0.341 e. The van der Waals surface area contributed by atoms with Gasteiger partial charge in [0.2, 0.25) is 5.91 Å². The summed E-state index contributed by atoms with van der Waals surface area (Å²) in [6.45, 7) is 12.4. The van der Waals surface area contributed by atoms with Crippen molar-refractivity contribution < 1.29 is 14.3 Å². The fourth-order valence-corrected chi connectivity index (χ4v) is 5.41. The molecule has 3 rings (SSSR count). The van der Waals surface area contributed by atoms with Crippen LogP contribution in [0, 0.1) is 20.8 Å². The van der Waals surface area contributed by atoms with Crippen LogP contribution in [0.25, 0.3) is 11.4 Å². The number of hydrogen-bond donors (Lipinski definition) is 1. The zero-order valence-electron chi connectivity index (χ0n) is 17.9. The number of anilines is 1. The van der Waals surface area contributed by atoms with Crippen LogP contribution in [0.1, 0.15) is 32.6 Å². The highest BCUT2D eigenvalue weighted by Crippen LogP contribution is 2.32. The molecule has 3 aromatic rings. The first-order valence-electron chi connectivity index (χ1n) is 9.65. The average Bonchev–Trinajstić information content (AvgIpc) is 3.39. The van der Waals surface area contributed by atoms with Crippen LogP contribution >= 0.6 is 34.4 Å². The molecule has 0 saturated heterocycles. The van der Waals surface area contributed by atoms with E-state index in [2.05, 4.69) is 41.3 Å². The third-order valence-electron chi connectivity index (χ3n) is 4.49. The molecule has 0 aliphatic carbocycles. The molecule has 31 heavy (non-hydrogen) atoms. The van der Waals surface area contributed by atoms with E-state index in [-0.39, 0.29) is 18.3 Å². The number of carbonyl (C=O) groups is 2. The third-order valence-corrected chi connectivity index (χ3v) is 7.44. The molecule has 0 aliphatic heterocycles. The van der Waals surface area contributed by atoms with E-state index in [0.29, 0.717) is 22.3 Å². The second-order valence-electron chi connectivity index (χ2n) is 6.69. The van der Waals surface area contributed by atoms with Gasteiger partial charge in [0, 0.05) is 27.2 Å². The van der Waals surface area contributed by atoms with Crippen molar-refractivity contribution >= 4 is 51.3 Å². The van der Waals surface area contributed by atoms with Crippen LogP contribution in [-0.2, 0) is 16.1 Å². The predicted octanol–water partition coefficient (Wildman–Crippen LogP) is 5.09. The van der Waals surface area contributed by atoms with Gasteiger partial charge in [-0.15, -0.1) is 39.4 Å². The molecule has 0 aromatic carbocycles. The van der Waals surface area contributed by atoms with Gasteiger partial charge in [0.25, 0.3) is 0 Å². The third kappa shape index (κ3) is 5.25. The Morgan fingerprint density at radius 2 is 2.10 bits per heavy atom. The van der Waals surface area contributed by atoms with E-state index in [1.165, 1.54) is 33.5 Å². The van der Waals surface area contributed by atoms with Gasteiger partial charge in [-0.05, 0) is 39.3 Å². The molecule has 0 unspecified atom stereocenters. The van der Waals surface area contributed by atoms with Crippen LogP contribution in [0.15, 0.2) is 29.3 Å². The lowest BCUT2D eigenvalue weighted by atomic mass is 10.1. The summed E-state index contributed by atoms with van der Waals surface area (Å²) in [5, 5.41) is 14.7. The molecule has 0 radical (unpaired) electrons. The summed E-state index contributed by atoms with van der Waals surface area (Å²) >= 11 is 4.32. The molecule has 3 heterocycles. The average molecular weight is 477 g/mol. The second-order valence-corrected chi connectivity index (χ2v) is 9.98. The van der Waals surface area contributed by atoms with Crippen LogP contribution in [0.4, 0.5) is 5.00 Å². The number of amides is 1. The van der Waals surface area contributed by atoms with Gasteiger partial charge in [-0.1, -0.05) is 17.8 Å². The number of aryl methyl sites for hydroxylation is 2. The fraction of sp³-hybridized carbons (Fsp3) is 0.333. The highest BCUT2D eigenvalue weighted by atomic mass is 32.2. The Labute approximate surface area is 193 Å². The van der Waals surface area contributed by atoms with Gasteiger partial charge in [-0.3, -0.25) is 9.36 Å². The van der Waals surface area contributed by atoms with Crippen molar-refractivity contribution in [2.45, 2.75) is 39.4 Å². The molecular weight excluding hydrogens is 452 g/mol. The van der Waals surface area contributed by atoms with Gasteiger partial charge in [0.05, 0.1) is 17.9 Å². The number of esters is 1. The van der Waals surface area contributed by atoms with Crippen LogP contribution < -0.4 is 5.32 Å². The Balaban J connectivity index is 1.73. The molecule has 0 saturated carbocycles. The molecule has 10 heteroatoms. The topological polar surface area (TPSA) is 86.1 Å². The maximum absolute atomic E-state index is 12.6. The highest BCUT2D eigenvalue weighted by molar-refractivity contribution is 7.99. The quantitative estimate of drug-likeness (QED) is 0.263. The molecule has 0 atom stereocenters. The molecule has 3 aromatic heterocycles. The maximum atomic E-state index is 12.6. The number of thiophene rings is 2. The zero-order chi connectivity index (χ0) is 22.5. The second kappa shape index (κ2) is 10.3. The largest absolute Gasteiger partial charge is 0.462 e. The number of rotatable bonds is 9. The number of allylic oxidation sites excluding steroid dienone is 1. The fourth-order valence-electron chi connectivity index (χ4n) is 2.88.